The third-order valence-electron chi connectivity index (χ3n) is 2.55. The predicted octanol–water partition coefficient (Wildman–Crippen LogP) is 3.55. The maximum Gasteiger partial charge on any atom is 0 e. The van der Waals surface area contributed by atoms with Crippen LogP contribution in [0.4, 0.5) is 5.69 Å². The largest absolute Gasteiger partial charge is 0.686 e. The van der Waals surface area contributed by atoms with Gasteiger partial charge in [0.2, 0.25) is 0 Å². The molecular weight excluding hydrogens is 330 g/mol. The SMILES string of the molecule is C[N-]c1c(C)c(C)cc(C)c1C.[W]. The fourth-order valence-corrected chi connectivity index (χ4v) is 1.53. The van der Waals surface area contributed by atoms with Crippen molar-refractivity contribution >= 4 is 5.69 Å². The maximum absolute atomic E-state index is 4.29. The molecule has 0 radical (unpaired) electrons. The summed E-state index contributed by atoms with van der Waals surface area (Å²) in [6.45, 7) is 8.53. The van der Waals surface area contributed by atoms with E-state index in [0.717, 1.165) is 5.69 Å². The molecule has 0 amide bonds. The topological polar surface area (TPSA) is 14.1 Å². The van der Waals surface area contributed by atoms with E-state index in [-0.39, 0.29) is 21.1 Å². The van der Waals surface area contributed by atoms with Gasteiger partial charge in [-0.2, -0.15) is 0 Å². The molecule has 0 aliphatic carbocycles. The molecule has 0 aliphatic heterocycles. The summed E-state index contributed by atoms with van der Waals surface area (Å²) >= 11 is 0. The first-order valence-corrected chi connectivity index (χ1v) is 4.25. The fraction of sp³-hybridized carbons (Fsp3) is 0.455. The van der Waals surface area contributed by atoms with Gasteiger partial charge in [0, 0.05) is 21.1 Å². The molecule has 0 heterocycles. The number of hydrogen-bond donors (Lipinski definition) is 0. The summed E-state index contributed by atoms with van der Waals surface area (Å²) in [7, 11) is 1.86. The second-order valence-electron chi connectivity index (χ2n) is 3.33. The summed E-state index contributed by atoms with van der Waals surface area (Å²) in [5.74, 6) is 0. The molecule has 0 spiro atoms. The average molecular weight is 346 g/mol. The Balaban J connectivity index is 0.00000144. The molecule has 1 aromatic rings. The number of aryl methyl sites for hydroxylation is 2. The van der Waals surface area contributed by atoms with E-state index in [4.69, 9.17) is 0 Å². The molecule has 0 bridgehead atoms. The van der Waals surface area contributed by atoms with Crippen molar-refractivity contribution in [3.05, 3.63) is 33.6 Å². The van der Waals surface area contributed by atoms with Gasteiger partial charge in [-0.15, -0.1) is 12.7 Å². The van der Waals surface area contributed by atoms with Crippen LogP contribution in [0.15, 0.2) is 6.07 Å². The number of rotatable bonds is 1. The van der Waals surface area contributed by atoms with Crippen LogP contribution in [0.25, 0.3) is 5.32 Å². The van der Waals surface area contributed by atoms with Crippen LogP contribution in [0.2, 0.25) is 0 Å². The summed E-state index contributed by atoms with van der Waals surface area (Å²) in [6.07, 6.45) is 0. The second-order valence-corrected chi connectivity index (χ2v) is 3.33. The first kappa shape index (κ1) is 12.7. The zero-order valence-electron chi connectivity index (χ0n) is 8.93. The standard InChI is InChI=1S/C11H16N.W/c1-7-6-8(2)10(4)11(12-5)9(7)3;/h6H,1-5H3;/q-1;. The minimum Gasteiger partial charge on any atom is -0.686 e. The Morgan fingerprint density at radius 1 is 0.923 bits per heavy atom. The van der Waals surface area contributed by atoms with E-state index in [1.165, 1.54) is 22.3 Å². The summed E-state index contributed by atoms with van der Waals surface area (Å²) in [5, 5.41) is 4.29. The van der Waals surface area contributed by atoms with Crippen LogP contribution in [0.3, 0.4) is 0 Å². The van der Waals surface area contributed by atoms with E-state index in [1.807, 2.05) is 7.05 Å². The molecule has 2 heteroatoms. The molecule has 72 valence electrons. The molecule has 1 aromatic carbocycles. The van der Waals surface area contributed by atoms with Gasteiger partial charge in [0.25, 0.3) is 0 Å². The molecule has 0 N–H and O–H groups in total. The van der Waals surface area contributed by atoms with Crippen LogP contribution in [0.5, 0.6) is 0 Å². The van der Waals surface area contributed by atoms with Gasteiger partial charge in [0.15, 0.2) is 0 Å². The van der Waals surface area contributed by atoms with Crippen molar-refractivity contribution in [1.29, 1.82) is 0 Å². The maximum atomic E-state index is 4.29. The molecule has 0 atom stereocenters. The summed E-state index contributed by atoms with van der Waals surface area (Å²) < 4.78 is 0. The molecule has 0 saturated heterocycles. The third kappa shape index (κ3) is 2.34. The van der Waals surface area contributed by atoms with E-state index in [1.54, 1.807) is 0 Å². The van der Waals surface area contributed by atoms with Crippen LogP contribution in [-0.2, 0) is 21.1 Å². The van der Waals surface area contributed by atoms with Gasteiger partial charge in [0.05, 0.1) is 0 Å². The minimum atomic E-state index is 0. The zero-order valence-corrected chi connectivity index (χ0v) is 11.9. The Bertz CT molecular complexity index is 279. The molecular formula is C11H16NW-. The van der Waals surface area contributed by atoms with Gasteiger partial charge in [-0.25, -0.2) is 0 Å². The Labute approximate surface area is 95.2 Å². The molecule has 0 saturated carbocycles. The molecule has 1 rings (SSSR count). The molecule has 0 aromatic heterocycles. The third-order valence-corrected chi connectivity index (χ3v) is 2.55. The van der Waals surface area contributed by atoms with Crippen molar-refractivity contribution in [2.45, 2.75) is 27.7 Å². The second kappa shape index (κ2) is 4.81. The molecule has 0 fully saturated rings. The molecule has 13 heavy (non-hydrogen) atoms. The quantitative estimate of drug-likeness (QED) is 0.739. The van der Waals surface area contributed by atoms with Crippen LogP contribution in [0.1, 0.15) is 22.3 Å². The van der Waals surface area contributed by atoms with Crippen molar-refractivity contribution in [3.63, 3.8) is 0 Å². The zero-order chi connectivity index (χ0) is 9.30. The molecule has 0 unspecified atom stereocenters. The van der Waals surface area contributed by atoms with E-state index in [2.05, 4.69) is 39.1 Å². The van der Waals surface area contributed by atoms with Gasteiger partial charge < -0.3 is 5.32 Å². The summed E-state index contributed by atoms with van der Waals surface area (Å²) in [6, 6.07) is 2.22. The van der Waals surface area contributed by atoms with Crippen molar-refractivity contribution in [2.75, 3.05) is 7.05 Å². The number of nitrogens with zero attached hydrogens (tertiary/aromatic N) is 1. The van der Waals surface area contributed by atoms with Crippen LogP contribution in [-0.4, -0.2) is 7.05 Å². The summed E-state index contributed by atoms with van der Waals surface area (Å²) in [5.41, 5.74) is 6.44. The first-order chi connectivity index (χ1) is 5.57. The van der Waals surface area contributed by atoms with Crippen molar-refractivity contribution in [3.8, 4) is 0 Å². The molecule has 0 aliphatic rings. The first-order valence-electron chi connectivity index (χ1n) is 4.25. The number of hydrogen-bond acceptors (Lipinski definition) is 0. The summed E-state index contributed by atoms with van der Waals surface area (Å²) in [4.78, 5) is 0. The van der Waals surface area contributed by atoms with E-state index >= 15 is 0 Å². The van der Waals surface area contributed by atoms with E-state index in [9.17, 15) is 0 Å². The van der Waals surface area contributed by atoms with Crippen molar-refractivity contribution in [1.82, 2.24) is 0 Å². The van der Waals surface area contributed by atoms with Crippen molar-refractivity contribution in [2.24, 2.45) is 0 Å². The Kier molecular flexibility index (Phi) is 4.70. The Hall–Kier alpha value is -0.292. The number of benzene rings is 1. The van der Waals surface area contributed by atoms with E-state index < -0.39 is 0 Å². The predicted molar refractivity (Wildman–Crippen MR) is 54.3 cm³/mol. The van der Waals surface area contributed by atoms with Crippen LogP contribution >= 0.6 is 0 Å². The van der Waals surface area contributed by atoms with Crippen LogP contribution < -0.4 is 0 Å². The van der Waals surface area contributed by atoms with Gasteiger partial charge >= 0.3 is 0 Å². The van der Waals surface area contributed by atoms with E-state index in [0.29, 0.717) is 0 Å². The van der Waals surface area contributed by atoms with Gasteiger partial charge in [-0.05, 0) is 38.8 Å². The van der Waals surface area contributed by atoms with Gasteiger partial charge in [0.1, 0.15) is 0 Å². The normalized spacial score (nSPS) is 9.31. The van der Waals surface area contributed by atoms with Crippen molar-refractivity contribution < 1.29 is 21.1 Å². The monoisotopic (exact) mass is 346 g/mol. The smallest absolute Gasteiger partial charge is 0 e. The average Bonchev–Trinajstić information content (AvgIpc) is 2.02. The minimum absolute atomic E-state index is 0. The Morgan fingerprint density at radius 2 is 1.31 bits per heavy atom. The van der Waals surface area contributed by atoms with Gasteiger partial charge in [-0.3, -0.25) is 0 Å². The van der Waals surface area contributed by atoms with Crippen LogP contribution in [0, 0.1) is 27.7 Å². The Morgan fingerprint density at radius 3 is 1.62 bits per heavy atom. The fourth-order valence-electron chi connectivity index (χ4n) is 1.53. The van der Waals surface area contributed by atoms with Gasteiger partial charge in [-0.1, -0.05) is 17.2 Å². The molecule has 1 nitrogen and oxygen atoms in total.